The molecule has 0 saturated heterocycles. The van der Waals surface area contributed by atoms with Crippen molar-refractivity contribution in [1.29, 1.82) is 0 Å². The predicted octanol–water partition coefficient (Wildman–Crippen LogP) is 2.25. The number of benzene rings is 2. The first kappa shape index (κ1) is 16.5. The van der Waals surface area contributed by atoms with Crippen LogP contribution in [0.15, 0.2) is 45.7 Å². The van der Waals surface area contributed by atoms with Crippen LogP contribution in [0.25, 0.3) is 0 Å². The molecule has 3 aliphatic rings. The molecule has 0 aliphatic carbocycles. The number of ether oxygens (including phenoxy) is 3. The molecule has 0 saturated carbocycles. The van der Waals surface area contributed by atoms with Crippen molar-refractivity contribution in [3.05, 3.63) is 42.0 Å². The van der Waals surface area contributed by atoms with Crippen molar-refractivity contribution in [2.45, 2.75) is 4.90 Å². The van der Waals surface area contributed by atoms with E-state index in [0.717, 1.165) is 10.6 Å². The van der Waals surface area contributed by atoms with Gasteiger partial charge in [0.25, 0.3) is 10.0 Å². The predicted molar refractivity (Wildman–Crippen MR) is 98.4 cm³/mol. The second-order valence-electron chi connectivity index (χ2n) is 6.00. The molecule has 0 radical (unpaired) electrons. The highest BCUT2D eigenvalue weighted by atomic mass is 32.2. The maximum atomic E-state index is 12.5. The fourth-order valence-corrected chi connectivity index (χ4v) is 5.26. The maximum absolute atomic E-state index is 12.5. The van der Waals surface area contributed by atoms with Gasteiger partial charge >= 0.3 is 5.97 Å². The van der Waals surface area contributed by atoms with E-state index in [1.807, 2.05) is 4.90 Å². The second kappa shape index (κ2) is 5.89. The highest BCUT2D eigenvalue weighted by Crippen LogP contribution is 2.42. The molecule has 0 fully saturated rings. The Morgan fingerprint density at radius 2 is 2.00 bits per heavy atom. The summed E-state index contributed by atoms with van der Waals surface area (Å²) in [5, 5.41) is 0.414. The van der Waals surface area contributed by atoms with Gasteiger partial charge in [-0.25, -0.2) is 13.2 Å². The SMILES string of the molecule is O=C(Oc1ccc2c(c1)OCO2)c1ccc2c(c1)SC1=NS(=O)(=O)CCN12. The first-order valence-corrected chi connectivity index (χ1v) is 10.4. The summed E-state index contributed by atoms with van der Waals surface area (Å²) in [5.41, 5.74) is 1.20. The Bertz CT molecular complexity index is 1110. The van der Waals surface area contributed by atoms with Gasteiger partial charge in [-0.1, -0.05) is 0 Å². The number of nitrogens with zero attached hydrogens (tertiary/aromatic N) is 2. The Morgan fingerprint density at radius 1 is 1.15 bits per heavy atom. The summed E-state index contributed by atoms with van der Waals surface area (Å²) in [5.74, 6) is 0.948. The summed E-state index contributed by atoms with van der Waals surface area (Å²) in [4.78, 5) is 15.1. The summed E-state index contributed by atoms with van der Waals surface area (Å²) < 4.78 is 43.1. The largest absolute Gasteiger partial charge is 0.454 e. The number of esters is 1. The van der Waals surface area contributed by atoms with E-state index < -0.39 is 16.0 Å². The van der Waals surface area contributed by atoms with Gasteiger partial charge in [0, 0.05) is 17.5 Å². The number of anilines is 1. The van der Waals surface area contributed by atoms with Crippen molar-refractivity contribution < 1.29 is 27.4 Å². The van der Waals surface area contributed by atoms with E-state index in [0.29, 0.717) is 34.5 Å². The number of carbonyl (C=O) groups excluding carboxylic acids is 1. The lowest BCUT2D eigenvalue weighted by atomic mass is 10.2. The van der Waals surface area contributed by atoms with Crippen LogP contribution in [0.5, 0.6) is 17.2 Å². The molecule has 0 amide bonds. The zero-order valence-electron chi connectivity index (χ0n) is 13.7. The highest BCUT2D eigenvalue weighted by molar-refractivity contribution is 8.15. The van der Waals surface area contributed by atoms with Crippen LogP contribution >= 0.6 is 11.8 Å². The molecular weight excluding hydrogens is 392 g/mol. The summed E-state index contributed by atoms with van der Waals surface area (Å²) in [7, 11) is -3.42. The summed E-state index contributed by atoms with van der Waals surface area (Å²) in [6.45, 7) is 0.493. The van der Waals surface area contributed by atoms with Gasteiger partial charge in [-0.05, 0) is 42.1 Å². The van der Waals surface area contributed by atoms with Crippen LogP contribution in [0, 0.1) is 0 Å². The molecule has 2 aromatic rings. The molecule has 0 aromatic heterocycles. The number of thioether (sulfide) groups is 1. The Hall–Kier alpha value is -2.72. The Kier molecular flexibility index (Phi) is 3.59. The lowest BCUT2D eigenvalue weighted by molar-refractivity contribution is 0.0734. The lowest BCUT2D eigenvalue weighted by Crippen LogP contribution is -2.35. The minimum atomic E-state index is -3.42. The van der Waals surface area contributed by atoms with Crippen LogP contribution < -0.4 is 19.1 Å². The minimum Gasteiger partial charge on any atom is -0.454 e. The van der Waals surface area contributed by atoms with Crippen LogP contribution in [0.1, 0.15) is 10.4 Å². The molecule has 5 rings (SSSR count). The number of hydrogen-bond donors (Lipinski definition) is 0. The molecular formula is C17H12N2O6S2. The molecule has 27 heavy (non-hydrogen) atoms. The first-order valence-electron chi connectivity index (χ1n) is 8.02. The number of sulfonamides is 1. The van der Waals surface area contributed by atoms with Gasteiger partial charge in [0.15, 0.2) is 16.7 Å². The van der Waals surface area contributed by atoms with Crippen molar-refractivity contribution in [2.75, 3.05) is 24.0 Å². The molecule has 0 N–H and O–H groups in total. The van der Waals surface area contributed by atoms with Crippen molar-refractivity contribution in [2.24, 2.45) is 4.40 Å². The summed E-state index contributed by atoms with van der Waals surface area (Å²) >= 11 is 1.23. The van der Waals surface area contributed by atoms with Crippen molar-refractivity contribution in [3.63, 3.8) is 0 Å². The maximum Gasteiger partial charge on any atom is 0.343 e. The monoisotopic (exact) mass is 404 g/mol. The van der Waals surface area contributed by atoms with E-state index in [-0.39, 0.29) is 12.5 Å². The van der Waals surface area contributed by atoms with E-state index in [9.17, 15) is 13.2 Å². The van der Waals surface area contributed by atoms with Crippen molar-refractivity contribution in [1.82, 2.24) is 0 Å². The average molecular weight is 404 g/mol. The number of fused-ring (bicyclic) bond motifs is 4. The highest BCUT2D eigenvalue weighted by Gasteiger charge is 2.33. The molecule has 3 aliphatic heterocycles. The number of amidine groups is 1. The van der Waals surface area contributed by atoms with Crippen LogP contribution in [0.2, 0.25) is 0 Å². The molecule has 0 bridgehead atoms. The minimum absolute atomic E-state index is 0.0234. The summed E-state index contributed by atoms with van der Waals surface area (Å²) in [6.07, 6.45) is 0. The van der Waals surface area contributed by atoms with E-state index in [4.69, 9.17) is 14.2 Å². The zero-order valence-corrected chi connectivity index (χ0v) is 15.4. The third-order valence-corrected chi connectivity index (χ3v) is 6.57. The fourth-order valence-electron chi connectivity index (χ4n) is 2.96. The van der Waals surface area contributed by atoms with Crippen LogP contribution in [-0.2, 0) is 10.0 Å². The molecule has 138 valence electrons. The first-order chi connectivity index (χ1) is 13.0. The lowest BCUT2D eigenvalue weighted by Gasteiger charge is -2.22. The number of carbonyl (C=O) groups is 1. The quantitative estimate of drug-likeness (QED) is 0.556. The number of rotatable bonds is 2. The van der Waals surface area contributed by atoms with Gasteiger partial charge < -0.3 is 19.1 Å². The normalized spacial score (nSPS) is 18.5. The third-order valence-electron chi connectivity index (χ3n) is 4.26. The van der Waals surface area contributed by atoms with Crippen molar-refractivity contribution in [3.8, 4) is 17.2 Å². The molecule has 0 spiro atoms. The van der Waals surface area contributed by atoms with E-state index in [1.54, 1.807) is 36.4 Å². The Balaban J connectivity index is 1.39. The molecule has 3 heterocycles. The van der Waals surface area contributed by atoms with Gasteiger partial charge in [-0.2, -0.15) is 0 Å². The van der Waals surface area contributed by atoms with Crippen molar-refractivity contribution >= 4 is 38.6 Å². The molecule has 8 nitrogen and oxygen atoms in total. The van der Waals surface area contributed by atoms with Gasteiger partial charge in [0.1, 0.15) is 5.75 Å². The Morgan fingerprint density at radius 3 is 2.89 bits per heavy atom. The zero-order chi connectivity index (χ0) is 18.6. The van der Waals surface area contributed by atoms with Crippen LogP contribution in [0.3, 0.4) is 0 Å². The van der Waals surface area contributed by atoms with Gasteiger partial charge in [0.05, 0.1) is 17.0 Å². The Labute approximate surface area is 158 Å². The second-order valence-corrected chi connectivity index (χ2v) is 8.76. The van der Waals surface area contributed by atoms with Crippen LogP contribution in [-0.4, -0.2) is 38.6 Å². The standard InChI is InChI=1S/C17H12N2O6S2/c20-16(25-11-2-4-13-14(8-11)24-9-23-13)10-1-3-12-15(7-10)26-17-18-27(21,22)6-5-19(12)17/h1-4,7-8H,5-6,9H2. The van der Waals surface area contributed by atoms with Crippen LogP contribution in [0.4, 0.5) is 5.69 Å². The fraction of sp³-hybridized carbons (Fsp3) is 0.176. The average Bonchev–Trinajstić information content (AvgIpc) is 3.22. The topological polar surface area (TPSA) is 94.5 Å². The molecule has 2 aromatic carbocycles. The van der Waals surface area contributed by atoms with Gasteiger partial charge in [-0.15, -0.1) is 4.40 Å². The van der Waals surface area contributed by atoms with Gasteiger partial charge in [0.2, 0.25) is 6.79 Å². The van der Waals surface area contributed by atoms with Gasteiger partial charge in [-0.3, -0.25) is 0 Å². The van der Waals surface area contributed by atoms with E-state index in [1.165, 1.54) is 11.8 Å². The molecule has 0 unspecified atom stereocenters. The third kappa shape index (κ3) is 2.90. The van der Waals surface area contributed by atoms with E-state index in [2.05, 4.69) is 4.40 Å². The summed E-state index contributed by atoms with van der Waals surface area (Å²) in [6, 6.07) is 10.0. The smallest absolute Gasteiger partial charge is 0.343 e. The van der Waals surface area contributed by atoms with E-state index >= 15 is 0 Å². The molecule has 0 atom stereocenters. The molecule has 10 heteroatoms. The number of hydrogen-bond acceptors (Lipinski definition) is 8.